The Labute approximate surface area is 195 Å². The molecule has 0 radical (unpaired) electrons. The summed E-state index contributed by atoms with van der Waals surface area (Å²) < 4.78 is 17.3. The minimum Gasteiger partial charge on any atom is -0.491 e. The average molecular weight is 456 g/mol. The lowest BCUT2D eigenvalue weighted by Crippen LogP contribution is -2.42. The van der Waals surface area contributed by atoms with Crippen LogP contribution in [0.4, 0.5) is 10.6 Å². The van der Waals surface area contributed by atoms with Gasteiger partial charge in [0.05, 0.1) is 12.2 Å². The van der Waals surface area contributed by atoms with E-state index < -0.39 is 11.7 Å². The number of anilines is 1. The van der Waals surface area contributed by atoms with Gasteiger partial charge in [-0.05, 0) is 56.9 Å². The summed E-state index contributed by atoms with van der Waals surface area (Å²) in [6.07, 6.45) is 1.93. The zero-order valence-electron chi connectivity index (χ0n) is 20.2. The highest BCUT2D eigenvalue weighted by Crippen LogP contribution is 2.39. The number of aromatic nitrogens is 1. The van der Waals surface area contributed by atoms with Crippen LogP contribution < -0.4 is 20.1 Å². The Morgan fingerprint density at radius 2 is 1.94 bits per heavy atom. The fourth-order valence-electron chi connectivity index (χ4n) is 3.62. The molecule has 0 bridgehead atoms. The van der Waals surface area contributed by atoms with Crippen molar-refractivity contribution < 1.29 is 23.8 Å². The maximum absolute atomic E-state index is 12.2. The maximum atomic E-state index is 12.2. The van der Waals surface area contributed by atoms with Crippen LogP contribution in [0.3, 0.4) is 0 Å². The number of nitrogens with one attached hydrogen (secondary N) is 2. The number of carbonyl (C=O) groups excluding carboxylic acids is 2. The van der Waals surface area contributed by atoms with Crippen molar-refractivity contribution in [2.75, 3.05) is 11.9 Å². The number of rotatable bonds is 7. The van der Waals surface area contributed by atoms with Gasteiger partial charge in [-0.15, -0.1) is 0 Å². The largest absolute Gasteiger partial charge is 0.491 e. The van der Waals surface area contributed by atoms with Crippen LogP contribution in [0.15, 0.2) is 30.5 Å². The first-order valence-corrected chi connectivity index (χ1v) is 11.2. The summed E-state index contributed by atoms with van der Waals surface area (Å²) in [4.78, 5) is 27.8. The molecule has 0 saturated carbocycles. The molecule has 1 atom stereocenters. The van der Waals surface area contributed by atoms with E-state index >= 15 is 0 Å². The van der Waals surface area contributed by atoms with Crippen LogP contribution in [-0.4, -0.2) is 35.2 Å². The zero-order valence-corrected chi connectivity index (χ0v) is 20.2. The van der Waals surface area contributed by atoms with E-state index in [-0.39, 0.29) is 11.9 Å². The smallest absolute Gasteiger partial charge is 0.407 e. The summed E-state index contributed by atoms with van der Waals surface area (Å²) in [5.41, 5.74) is 2.28. The summed E-state index contributed by atoms with van der Waals surface area (Å²) in [6.45, 7) is 11.9. The molecule has 2 heterocycles. The van der Waals surface area contributed by atoms with Crippen LogP contribution in [0.5, 0.6) is 11.5 Å². The van der Waals surface area contributed by atoms with Crippen LogP contribution in [0.2, 0.25) is 0 Å². The van der Waals surface area contributed by atoms with Gasteiger partial charge in [0.2, 0.25) is 5.91 Å². The quantitative estimate of drug-likeness (QED) is 0.615. The number of hydrogen-bond donors (Lipinski definition) is 2. The molecule has 0 fully saturated rings. The van der Waals surface area contributed by atoms with Crippen LogP contribution in [0.25, 0.3) is 11.1 Å². The lowest BCUT2D eigenvalue weighted by molar-refractivity contribution is -0.114. The topological polar surface area (TPSA) is 98.8 Å². The van der Waals surface area contributed by atoms with E-state index in [9.17, 15) is 9.59 Å². The molecule has 33 heavy (non-hydrogen) atoms. The predicted molar refractivity (Wildman–Crippen MR) is 126 cm³/mol. The minimum atomic E-state index is -0.558. The fourth-order valence-corrected chi connectivity index (χ4v) is 3.62. The van der Waals surface area contributed by atoms with E-state index in [0.29, 0.717) is 36.4 Å². The number of hydrogen-bond acceptors (Lipinski definition) is 6. The third-order valence-corrected chi connectivity index (χ3v) is 4.85. The van der Waals surface area contributed by atoms with Crippen LogP contribution in [0, 0.1) is 5.92 Å². The summed E-state index contributed by atoms with van der Waals surface area (Å²) >= 11 is 0. The molecule has 8 heteroatoms. The number of nitrogens with zero attached hydrogens (tertiary/aromatic N) is 1. The molecule has 0 aliphatic carbocycles. The Balaban J connectivity index is 1.71. The standard InChI is InChI=1S/C25H33N3O5/c1-15(2)9-18(28-24(30)33-25(4,5)6)14-31-19-7-8-20-17(10-19)13-32-22-12-26-23(11-21(20)22)27-16(3)29/h7-8,10-12,15,18H,9,13-14H2,1-6H3,(H,28,30)(H,26,27,29)/t18-/m0/s1. The molecule has 3 rings (SSSR count). The second kappa shape index (κ2) is 10.1. The third kappa shape index (κ3) is 7.10. The summed E-state index contributed by atoms with van der Waals surface area (Å²) in [7, 11) is 0. The van der Waals surface area contributed by atoms with Gasteiger partial charge in [-0.3, -0.25) is 4.79 Å². The number of alkyl carbamates (subject to hydrolysis) is 1. The monoisotopic (exact) mass is 455 g/mol. The molecule has 1 aromatic carbocycles. The summed E-state index contributed by atoms with van der Waals surface area (Å²) in [5.74, 6) is 2.04. The Bertz CT molecular complexity index is 1010. The van der Waals surface area contributed by atoms with Crippen molar-refractivity contribution in [2.45, 2.75) is 66.2 Å². The maximum Gasteiger partial charge on any atom is 0.407 e. The minimum absolute atomic E-state index is 0.181. The Hall–Kier alpha value is -3.29. The highest BCUT2D eigenvalue weighted by atomic mass is 16.6. The zero-order chi connectivity index (χ0) is 24.2. The molecule has 2 amide bonds. The molecule has 0 spiro atoms. The summed E-state index contributed by atoms with van der Waals surface area (Å²) in [6, 6.07) is 7.43. The second-order valence-electron chi connectivity index (χ2n) is 9.64. The van der Waals surface area contributed by atoms with Gasteiger partial charge in [0, 0.05) is 18.1 Å². The Morgan fingerprint density at radius 1 is 1.18 bits per heavy atom. The SMILES string of the molecule is CC(=O)Nc1cc2c(cn1)OCc1cc(OC[C@H](CC(C)C)NC(=O)OC(C)(C)C)ccc1-2. The molecular weight excluding hydrogens is 422 g/mol. The first-order valence-electron chi connectivity index (χ1n) is 11.2. The van der Waals surface area contributed by atoms with Crippen molar-refractivity contribution in [3.8, 4) is 22.6 Å². The Kier molecular flexibility index (Phi) is 7.46. The van der Waals surface area contributed by atoms with Crippen molar-refractivity contribution in [3.63, 3.8) is 0 Å². The molecule has 178 valence electrons. The first kappa shape index (κ1) is 24.4. The number of benzene rings is 1. The van der Waals surface area contributed by atoms with E-state index in [4.69, 9.17) is 14.2 Å². The first-order chi connectivity index (χ1) is 15.5. The lowest BCUT2D eigenvalue weighted by atomic mass is 9.97. The number of ether oxygens (including phenoxy) is 3. The van der Waals surface area contributed by atoms with Crippen molar-refractivity contribution in [1.29, 1.82) is 0 Å². The van der Waals surface area contributed by atoms with Gasteiger partial charge in [-0.2, -0.15) is 0 Å². The molecule has 1 aliphatic heterocycles. The van der Waals surface area contributed by atoms with Crippen molar-refractivity contribution >= 4 is 17.8 Å². The van der Waals surface area contributed by atoms with Crippen molar-refractivity contribution in [2.24, 2.45) is 5.92 Å². The van der Waals surface area contributed by atoms with Gasteiger partial charge in [0.15, 0.2) is 0 Å². The molecule has 2 aromatic rings. The van der Waals surface area contributed by atoms with Gasteiger partial charge in [0.25, 0.3) is 0 Å². The molecule has 1 aliphatic rings. The second-order valence-corrected chi connectivity index (χ2v) is 9.64. The van der Waals surface area contributed by atoms with Crippen LogP contribution >= 0.6 is 0 Å². The number of carbonyl (C=O) groups is 2. The number of pyridine rings is 1. The van der Waals surface area contributed by atoms with Gasteiger partial charge < -0.3 is 24.8 Å². The van der Waals surface area contributed by atoms with E-state index in [1.807, 2.05) is 39.0 Å². The van der Waals surface area contributed by atoms with Gasteiger partial charge in [-0.1, -0.05) is 19.9 Å². The highest BCUT2D eigenvalue weighted by Gasteiger charge is 2.22. The van der Waals surface area contributed by atoms with Gasteiger partial charge >= 0.3 is 6.09 Å². The van der Waals surface area contributed by atoms with Crippen molar-refractivity contribution in [3.05, 3.63) is 36.0 Å². The highest BCUT2D eigenvalue weighted by molar-refractivity contribution is 5.89. The summed E-state index contributed by atoms with van der Waals surface area (Å²) in [5, 5.41) is 5.62. The van der Waals surface area contributed by atoms with E-state index in [0.717, 1.165) is 23.1 Å². The molecule has 8 nitrogen and oxygen atoms in total. The predicted octanol–water partition coefficient (Wildman–Crippen LogP) is 4.92. The normalized spacial score (nSPS) is 13.3. The molecule has 2 N–H and O–H groups in total. The van der Waals surface area contributed by atoms with E-state index in [1.165, 1.54) is 6.92 Å². The van der Waals surface area contributed by atoms with Crippen LogP contribution in [-0.2, 0) is 16.1 Å². The fraction of sp³-hybridized carbons (Fsp3) is 0.480. The Morgan fingerprint density at radius 3 is 2.61 bits per heavy atom. The van der Waals surface area contributed by atoms with Gasteiger partial charge in [0.1, 0.15) is 36.1 Å². The molecular formula is C25H33N3O5. The average Bonchev–Trinajstić information content (AvgIpc) is 2.69. The number of fused-ring (bicyclic) bond motifs is 3. The van der Waals surface area contributed by atoms with E-state index in [1.54, 1.807) is 12.3 Å². The van der Waals surface area contributed by atoms with Gasteiger partial charge in [-0.25, -0.2) is 9.78 Å². The number of amides is 2. The lowest BCUT2D eigenvalue weighted by Gasteiger charge is -2.25. The third-order valence-electron chi connectivity index (χ3n) is 4.85. The molecule has 1 aromatic heterocycles. The van der Waals surface area contributed by atoms with E-state index in [2.05, 4.69) is 29.5 Å². The van der Waals surface area contributed by atoms with Crippen molar-refractivity contribution in [1.82, 2.24) is 10.3 Å². The van der Waals surface area contributed by atoms with Crippen LogP contribution in [0.1, 0.15) is 53.5 Å². The molecule has 0 saturated heterocycles. The molecule has 0 unspecified atom stereocenters.